The summed E-state index contributed by atoms with van der Waals surface area (Å²) in [6.45, 7) is 1.78. The molecule has 0 aromatic heterocycles. The van der Waals surface area contributed by atoms with E-state index in [1.807, 2.05) is 24.3 Å². The summed E-state index contributed by atoms with van der Waals surface area (Å²) in [4.78, 5) is 22.4. The van der Waals surface area contributed by atoms with Crippen molar-refractivity contribution in [2.45, 2.75) is 19.3 Å². The highest BCUT2D eigenvalue weighted by molar-refractivity contribution is 5.82. The number of fused-ring (bicyclic) bond motifs is 1. The number of rotatable bonds is 2. The molecule has 0 saturated carbocycles. The topological polar surface area (TPSA) is 74.6 Å². The van der Waals surface area contributed by atoms with Gasteiger partial charge in [-0.15, -0.1) is 0 Å². The first-order chi connectivity index (χ1) is 8.02. The van der Waals surface area contributed by atoms with E-state index in [-0.39, 0.29) is 5.92 Å². The van der Waals surface area contributed by atoms with E-state index in [0.717, 1.165) is 11.1 Å². The van der Waals surface area contributed by atoms with E-state index in [1.165, 1.54) is 0 Å². The highest BCUT2D eigenvalue weighted by Crippen LogP contribution is 2.39. The summed E-state index contributed by atoms with van der Waals surface area (Å²) in [5, 5.41) is 18.3. The van der Waals surface area contributed by atoms with Crippen molar-refractivity contribution in [1.82, 2.24) is 0 Å². The third kappa shape index (κ3) is 1.90. The van der Waals surface area contributed by atoms with Crippen molar-refractivity contribution in [3.8, 4) is 0 Å². The smallest absolute Gasteiger partial charge is 0.307 e. The average Bonchev–Trinajstić information content (AvgIpc) is 2.28. The minimum atomic E-state index is -1.03. The van der Waals surface area contributed by atoms with Crippen LogP contribution >= 0.6 is 0 Å². The normalized spacial score (nSPS) is 27.2. The van der Waals surface area contributed by atoms with Gasteiger partial charge in [-0.05, 0) is 23.5 Å². The lowest BCUT2D eigenvalue weighted by atomic mass is 9.69. The highest BCUT2D eigenvalue weighted by atomic mass is 16.4. The molecule has 90 valence electrons. The molecule has 1 aromatic rings. The molecular weight excluding hydrogens is 220 g/mol. The zero-order valence-electron chi connectivity index (χ0n) is 9.46. The molecule has 0 bridgehead atoms. The number of aliphatic carboxylic acids is 2. The molecule has 1 aromatic carbocycles. The van der Waals surface area contributed by atoms with Gasteiger partial charge >= 0.3 is 11.9 Å². The van der Waals surface area contributed by atoms with Crippen LogP contribution in [-0.2, 0) is 16.0 Å². The monoisotopic (exact) mass is 234 g/mol. The molecule has 0 amide bonds. The zero-order chi connectivity index (χ0) is 12.6. The van der Waals surface area contributed by atoms with Crippen LogP contribution in [0.3, 0.4) is 0 Å². The minimum Gasteiger partial charge on any atom is -0.481 e. The molecule has 2 rings (SSSR count). The SMILES string of the molecule is CC1c2ccccc2CC(C(=O)O)C1C(=O)O. The van der Waals surface area contributed by atoms with E-state index in [4.69, 9.17) is 5.11 Å². The number of carboxylic acid groups (broad SMARTS) is 2. The van der Waals surface area contributed by atoms with Gasteiger partial charge in [-0.2, -0.15) is 0 Å². The Balaban J connectivity index is 2.48. The van der Waals surface area contributed by atoms with E-state index in [2.05, 4.69) is 0 Å². The van der Waals surface area contributed by atoms with E-state index >= 15 is 0 Å². The molecule has 3 atom stereocenters. The third-order valence-corrected chi connectivity index (χ3v) is 3.56. The Morgan fingerprint density at radius 1 is 1.18 bits per heavy atom. The fraction of sp³-hybridized carbons (Fsp3) is 0.385. The minimum absolute atomic E-state index is 0.265. The zero-order valence-corrected chi connectivity index (χ0v) is 9.46. The van der Waals surface area contributed by atoms with E-state index in [9.17, 15) is 14.7 Å². The fourth-order valence-electron chi connectivity index (χ4n) is 2.70. The molecular formula is C13H14O4. The molecule has 17 heavy (non-hydrogen) atoms. The van der Waals surface area contributed by atoms with E-state index < -0.39 is 23.8 Å². The molecule has 0 spiro atoms. The molecule has 0 saturated heterocycles. The van der Waals surface area contributed by atoms with Gasteiger partial charge in [0.2, 0.25) is 0 Å². The molecule has 0 aliphatic heterocycles. The summed E-state index contributed by atoms with van der Waals surface area (Å²) in [6, 6.07) is 7.47. The first-order valence-electron chi connectivity index (χ1n) is 5.55. The van der Waals surface area contributed by atoms with Crippen molar-refractivity contribution in [3.05, 3.63) is 35.4 Å². The van der Waals surface area contributed by atoms with Crippen LogP contribution in [0.1, 0.15) is 24.0 Å². The largest absolute Gasteiger partial charge is 0.481 e. The van der Waals surface area contributed by atoms with Gasteiger partial charge in [-0.3, -0.25) is 9.59 Å². The predicted molar refractivity (Wildman–Crippen MR) is 60.8 cm³/mol. The summed E-state index contributed by atoms with van der Waals surface area (Å²) < 4.78 is 0. The quantitative estimate of drug-likeness (QED) is 0.817. The van der Waals surface area contributed by atoms with Crippen molar-refractivity contribution in [2.75, 3.05) is 0 Å². The van der Waals surface area contributed by atoms with Crippen LogP contribution in [0.25, 0.3) is 0 Å². The van der Waals surface area contributed by atoms with Gasteiger partial charge in [0.25, 0.3) is 0 Å². The molecule has 3 unspecified atom stereocenters. The molecule has 1 aliphatic carbocycles. The summed E-state index contributed by atoms with van der Waals surface area (Å²) in [5.41, 5.74) is 1.90. The predicted octanol–water partition coefficient (Wildman–Crippen LogP) is 1.75. The van der Waals surface area contributed by atoms with Gasteiger partial charge in [-0.25, -0.2) is 0 Å². The lowest BCUT2D eigenvalue weighted by molar-refractivity contribution is -0.155. The molecule has 2 N–H and O–H groups in total. The molecule has 0 heterocycles. The third-order valence-electron chi connectivity index (χ3n) is 3.56. The Morgan fingerprint density at radius 3 is 2.41 bits per heavy atom. The summed E-state index contributed by atoms with van der Waals surface area (Å²) >= 11 is 0. The van der Waals surface area contributed by atoms with Crippen molar-refractivity contribution in [1.29, 1.82) is 0 Å². The van der Waals surface area contributed by atoms with E-state index in [1.54, 1.807) is 6.92 Å². The lowest BCUT2D eigenvalue weighted by Gasteiger charge is -2.33. The lowest BCUT2D eigenvalue weighted by Crippen LogP contribution is -2.38. The van der Waals surface area contributed by atoms with Crippen molar-refractivity contribution in [3.63, 3.8) is 0 Å². The average molecular weight is 234 g/mol. The van der Waals surface area contributed by atoms with Gasteiger partial charge in [-0.1, -0.05) is 31.2 Å². The molecule has 0 radical (unpaired) electrons. The number of carboxylic acids is 2. The Labute approximate surface area is 98.9 Å². The number of hydrogen-bond donors (Lipinski definition) is 2. The van der Waals surface area contributed by atoms with Crippen LogP contribution in [0.5, 0.6) is 0 Å². The van der Waals surface area contributed by atoms with Crippen molar-refractivity contribution in [2.24, 2.45) is 11.8 Å². The summed E-state index contributed by atoms with van der Waals surface area (Å²) in [7, 11) is 0. The Morgan fingerprint density at radius 2 is 1.82 bits per heavy atom. The van der Waals surface area contributed by atoms with Gasteiger partial charge < -0.3 is 10.2 Å². The van der Waals surface area contributed by atoms with Crippen molar-refractivity contribution >= 4 is 11.9 Å². The Hall–Kier alpha value is -1.84. The molecule has 0 fully saturated rings. The maximum Gasteiger partial charge on any atom is 0.307 e. The van der Waals surface area contributed by atoms with Crippen LogP contribution in [0.2, 0.25) is 0 Å². The second-order valence-corrected chi connectivity index (χ2v) is 4.50. The van der Waals surface area contributed by atoms with Crippen LogP contribution in [0.4, 0.5) is 0 Å². The first-order valence-corrected chi connectivity index (χ1v) is 5.55. The van der Waals surface area contributed by atoms with Gasteiger partial charge in [0.1, 0.15) is 0 Å². The van der Waals surface area contributed by atoms with Crippen LogP contribution < -0.4 is 0 Å². The highest BCUT2D eigenvalue weighted by Gasteiger charge is 2.42. The standard InChI is InChI=1S/C13H14O4/c1-7-9-5-3-2-4-8(9)6-10(12(14)15)11(7)13(16)17/h2-5,7,10-11H,6H2,1H3,(H,14,15)(H,16,17). The summed E-state index contributed by atoms with van der Waals surface area (Å²) in [6.07, 6.45) is 0.298. The maximum atomic E-state index is 11.2. The molecule has 1 aliphatic rings. The van der Waals surface area contributed by atoms with Crippen LogP contribution in [0.15, 0.2) is 24.3 Å². The van der Waals surface area contributed by atoms with Gasteiger partial charge in [0.05, 0.1) is 11.8 Å². The number of hydrogen-bond acceptors (Lipinski definition) is 2. The molecule has 4 heteroatoms. The fourth-order valence-corrected chi connectivity index (χ4v) is 2.70. The van der Waals surface area contributed by atoms with Gasteiger partial charge in [0.15, 0.2) is 0 Å². The second kappa shape index (κ2) is 4.20. The second-order valence-electron chi connectivity index (χ2n) is 4.50. The Kier molecular flexibility index (Phi) is 2.88. The summed E-state index contributed by atoms with van der Waals surface area (Å²) in [5.74, 6) is -4.00. The maximum absolute atomic E-state index is 11.2. The number of benzene rings is 1. The number of carbonyl (C=O) groups is 2. The first kappa shape index (κ1) is 11.6. The van der Waals surface area contributed by atoms with Crippen molar-refractivity contribution < 1.29 is 19.8 Å². The van der Waals surface area contributed by atoms with E-state index in [0.29, 0.717) is 6.42 Å². The molecule has 4 nitrogen and oxygen atoms in total. The van der Waals surface area contributed by atoms with Crippen LogP contribution in [0, 0.1) is 11.8 Å². The van der Waals surface area contributed by atoms with Gasteiger partial charge in [0, 0.05) is 0 Å². The Bertz CT molecular complexity index is 466. The van der Waals surface area contributed by atoms with Crippen LogP contribution in [-0.4, -0.2) is 22.2 Å².